The van der Waals surface area contributed by atoms with Crippen molar-refractivity contribution in [2.45, 2.75) is 6.42 Å². The molecule has 0 unspecified atom stereocenters. The predicted molar refractivity (Wildman–Crippen MR) is 99.3 cm³/mol. The summed E-state index contributed by atoms with van der Waals surface area (Å²) >= 11 is 0. The van der Waals surface area contributed by atoms with E-state index >= 15 is 0 Å². The van der Waals surface area contributed by atoms with Gasteiger partial charge in [0.15, 0.2) is 0 Å². The van der Waals surface area contributed by atoms with Gasteiger partial charge in [0.25, 0.3) is 12.9 Å². The van der Waals surface area contributed by atoms with Gasteiger partial charge >= 0.3 is 21.7 Å². The Labute approximate surface area is 166 Å². The third kappa shape index (κ3) is 5.69. The molecule has 130 valence electrons. The first-order valence-corrected chi connectivity index (χ1v) is 7.66. The second-order valence-corrected chi connectivity index (χ2v) is 5.37. The minimum absolute atomic E-state index is 0. The van der Waals surface area contributed by atoms with Gasteiger partial charge in [-0.2, -0.15) is 12.1 Å². The predicted octanol–water partition coefficient (Wildman–Crippen LogP) is 4.42. The maximum Gasteiger partial charge on any atom is 2.00 e. The number of fused-ring (bicyclic) bond motifs is 2. The molecule has 0 aliphatic rings. The molecular weight excluding hydrogens is 364 g/mol. The Morgan fingerprint density at radius 1 is 0.731 bits per heavy atom. The summed E-state index contributed by atoms with van der Waals surface area (Å²) in [6, 6.07) is 26.3. The quantitative estimate of drug-likeness (QED) is 0.306. The van der Waals surface area contributed by atoms with E-state index in [2.05, 4.69) is 72.8 Å². The van der Waals surface area contributed by atoms with Gasteiger partial charge in [-0.1, -0.05) is 12.1 Å². The molecule has 0 heterocycles. The molecular formula is C21H18O4Ti. The van der Waals surface area contributed by atoms with Crippen molar-refractivity contribution in [2.24, 2.45) is 0 Å². The van der Waals surface area contributed by atoms with Gasteiger partial charge in [0, 0.05) is 0 Å². The normalized spacial score (nSPS) is 9.23. The van der Waals surface area contributed by atoms with Crippen LogP contribution < -0.4 is 0 Å². The zero-order valence-corrected chi connectivity index (χ0v) is 15.6. The van der Waals surface area contributed by atoms with E-state index in [9.17, 15) is 0 Å². The monoisotopic (exact) mass is 382 g/mol. The summed E-state index contributed by atoms with van der Waals surface area (Å²) in [5, 5.41) is 19.1. The van der Waals surface area contributed by atoms with Crippen LogP contribution in [0.5, 0.6) is 0 Å². The molecule has 0 aliphatic carbocycles. The van der Waals surface area contributed by atoms with Crippen LogP contribution >= 0.6 is 0 Å². The van der Waals surface area contributed by atoms with Crippen LogP contribution in [0.15, 0.2) is 72.8 Å². The third-order valence-corrected chi connectivity index (χ3v) is 3.76. The smallest absolute Gasteiger partial charge is 0.483 e. The number of benzene rings is 2. The molecule has 0 aliphatic heterocycles. The first-order valence-electron chi connectivity index (χ1n) is 7.66. The molecule has 0 radical (unpaired) electrons. The van der Waals surface area contributed by atoms with Crippen molar-refractivity contribution < 1.29 is 41.5 Å². The van der Waals surface area contributed by atoms with E-state index < -0.39 is 0 Å². The van der Waals surface area contributed by atoms with E-state index in [0.29, 0.717) is 0 Å². The van der Waals surface area contributed by atoms with Crippen LogP contribution in [-0.4, -0.2) is 23.2 Å². The minimum Gasteiger partial charge on any atom is -0.483 e. The topological polar surface area (TPSA) is 74.6 Å². The summed E-state index contributed by atoms with van der Waals surface area (Å²) < 4.78 is 0. The van der Waals surface area contributed by atoms with Crippen molar-refractivity contribution in [3.8, 4) is 0 Å². The van der Waals surface area contributed by atoms with Crippen LogP contribution in [0.1, 0.15) is 11.1 Å². The Morgan fingerprint density at radius 2 is 1.08 bits per heavy atom. The molecule has 0 saturated carbocycles. The fourth-order valence-corrected chi connectivity index (χ4v) is 2.87. The molecule has 26 heavy (non-hydrogen) atoms. The van der Waals surface area contributed by atoms with Crippen molar-refractivity contribution >= 4 is 34.5 Å². The van der Waals surface area contributed by atoms with E-state index in [1.807, 2.05) is 0 Å². The van der Waals surface area contributed by atoms with Crippen LogP contribution in [0.2, 0.25) is 0 Å². The van der Waals surface area contributed by atoms with Crippen molar-refractivity contribution in [1.82, 2.24) is 0 Å². The summed E-state index contributed by atoms with van der Waals surface area (Å²) in [7, 11) is 0. The van der Waals surface area contributed by atoms with Gasteiger partial charge in [-0.3, -0.25) is 9.59 Å². The molecule has 0 saturated heterocycles. The maximum absolute atomic E-state index is 8.36. The average Bonchev–Trinajstić information content (AvgIpc) is 3.18. The van der Waals surface area contributed by atoms with Gasteiger partial charge < -0.3 is 10.2 Å². The molecule has 0 amide bonds. The van der Waals surface area contributed by atoms with Crippen molar-refractivity contribution in [2.75, 3.05) is 0 Å². The van der Waals surface area contributed by atoms with Crippen LogP contribution in [-0.2, 0) is 37.7 Å². The number of hydrogen-bond acceptors (Lipinski definition) is 2. The zero-order chi connectivity index (χ0) is 18.1. The Balaban J connectivity index is 0.000000431. The molecule has 4 aromatic rings. The van der Waals surface area contributed by atoms with Crippen molar-refractivity contribution in [1.29, 1.82) is 0 Å². The molecule has 0 fully saturated rings. The maximum atomic E-state index is 8.36. The second kappa shape index (κ2) is 11.0. The van der Waals surface area contributed by atoms with Crippen molar-refractivity contribution in [3.05, 3.63) is 83.9 Å². The largest absolute Gasteiger partial charge is 2.00 e. The second-order valence-electron chi connectivity index (χ2n) is 5.37. The van der Waals surface area contributed by atoms with Gasteiger partial charge in [0.05, 0.1) is 0 Å². The van der Waals surface area contributed by atoms with Crippen LogP contribution in [0.3, 0.4) is 0 Å². The van der Waals surface area contributed by atoms with Gasteiger partial charge in [-0.15, -0.1) is 81.2 Å². The summed E-state index contributed by atoms with van der Waals surface area (Å²) in [5.74, 6) is 0. The fraction of sp³-hybridized carbons (Fsp3) is 0.0476. The molecule has 0 aromatic heterocycles. The minimum atomic E-state index is -0.250. The number of rotatable bonds is 2. The van der Waals surface area contributed by atoms with E-state index in [1.54, 1.807) is 0 Å². The molecule has 4 rings (SSSR count). The number of carbonyl (C=O) groups is 2. The van der Waals surface area contributed by atoms with E-state index in [1.165, 1.54) is 32.7 Å². The number of hydrogen-bond donors (Lipinski definition) is 2. The first kappa shape index (κ1) is 21.4. The molecule has 4 aromatic carbocycles. The van der Waals surface area contributed by atoms with Gasteiger partial charge in [0.1, 0.15) is 0 Å². The van der Waals surface area contributed by atoms with Gasteiger partial charge in [-0.25, -0.2) is 0 Å². The van der Waals surface area contributed by atoms with Crippen LogP contribution in [0.25, 0.3) is 21.5 Å². The SMILES string of the molecule is O=CO.O=CO.[Ti+2].c1ccc2[cH-]c(Cc3cc4ccccc4[cH-]3)cc2c1. The van der Waals surface area contributed by atoms with E-state index in [-0.39, 0.29) is 34.7 Å². The first-order chi connectivity index (χ1) is 12.2. The molecule has 2 N–H and O–H groups in total. The summed E-state index contributed by atoms with van der Waals surface area (Å²) in [6.07, 6.45) is 1.02. The summed E-state index contributed by atoms with van der Waals surface area (Å²) in [5.41, 5.74) is 2.80. The molecule has 0 atom stereocenters. The zero-order valence-electron chi connectivity index (χ0n) is 14.0. The third-order valence-electron chi connectivity index (χ3n) is 3.76. The van der Waals surface area contributed by atoms with Gasteiger partial charge in [0.2, 0.25) is 0 Å². The Hall–Kier alpha value is -2.69. The van der Waals surface area contributed by atoms with Crippen molar-refractivity contribution in [3.63, 3.8) is 0 Å². The standard InChI is InChI=1S/C19H14.2CH2O2.Ti/c1-2-6-17-11-14(10-16(17)5-1)9-15-12-18-7-3-4-8-19(18)13-15;2*2-1-3;/h1-8,10-13H,9H2;2*1H,(H,2,3);/q-2;;;+2. The Morgan fingerprint density at radius 3 is 1.42 bits per heavy atom. The fourth-order valence-electron chi connectivity index (χ4n) is 2.87. The molecule has 5 heteroatoms. The summed E-state index contributed by atoms with van der Waals surface area (Å²) in [4.78, 5) is 16.7. The van der Waals surface area contributed by atoms with Crippen LogP contribution in [0.4, 0.5) is 0 Å². The van der Waals surface area contributed by atoms with E-state index in [4.69, 9.17) is 19.8 Å². The van der Waals surface area contributed by atoms with E-state index in [0.717, 1.165) is 6.42 Å². The molecule has 0 spiro atoms. The molecule has 0 bridgehead atoms. The van der Waals surface area contributed by atoms with Crippen LogP contribution in [0, 0.1) is 0 Å². The molecule has 4 nitrogen and oxygen atoms in total. The Bertz CT molecular complexity index is 809. The number of carboxylic acid groups (broad SMARTS) is 2. The summed E-state index contributed by atoms with van der Waals surface area (Å²) in [6.45, 7) is -0.500. The Kier molecular flexibility index (Phi) is 9.06. The average molecular weight is 382 g/mol. The van der Waals surface area contributed by atoms with Gasteiger partial charge in [-0.05, 0) is 6.42 Å².